The Labute approximate surface area is 150 Å². The zero-order chi connectivity index (χ0) is 18.0. The van der Waals surface area contributed by atoms with E-state index >= 15 is 0 Å². The Hall–Kier alpha value is -1.91. The van der Waals surface area contributed by atoms with Crippen LogP contribution in [0.1, 0.15) is 22.6 Å². The predicted molar refractivity (Wildman–Crippen MR) is 99.6 cm³/mol. The Morgan fingerprint density at radius 3 is 2.44 bits per heavy atom. The van der Waals surface area contributed by atoms with Crippen molar-refractivity contribution in [1.29, 1.82) is 0 Å². The smallest absolute Gasteiger partial charge is 0.123 e. The lowest BCUT2D eigenvalue weighted by Crippen LogP contribution is -2.34. The number of methoxy groups -OCH3 is 1. The first-order valence-electron chi connectivity index (χ1n) is 8.75. The Balaban J connectivity index is 1.77. The average Bonchev–Trinajstić information content (AvgIpc) is 2.98. The zero-order valence-electron chi connectivity index (χ0n) is 15.5. The van der Waals surface area contributed by atoms with Gasteiger partial charge in [0.15, 0.2) is 0 Å². The number of nitrogens with zero attached hydrogens (tertiary/aromatic N) is 2. The van der Waals surface area contributed by atoms with E-state index in [4.69, 9.17) is 4.74 Å². The Morgan fingerprint density at radius 2 is 1.84 bits per heavy atom. The molecule has 3 rings (SSSR count). The van der Waals surface area contributed by atoms with E-state index in [0.717, 1.165) is 36.5 Å². The number of rotatable bonds is 5. The molecule has 0 radical (unpaired) electrons. The van der Waals surface area contributed by atoms with Crippen molar-refractivity contribution in [1.82, 2.24) is 9.80 Å². The first kappa shape index (κ1) is 17.9. The summed E-state index contributed by atoms with van der Waals surface area (Å²) >= 11 is 0. The van der Waals surface area contributed by atoms with E-state index in [1.54, 1.807) is 19.2 Å². The molecule has 2 aromatic rings. The molecule has 0 aliphatic carbocycles. The maximum atomic E-state index is 13.7. The molecule has 1 saturated heterocycles. The van der Waals surface area contributed by atoms with E-state index in [-0.39, 0.29) is 5.82 Å². The van der Waals surface area contributed by atoms with Gasteiger partial charge in [0, 0.05) is 31.6 Å². The van der Waals surface area contributed by atoms with E-state index in [1.807, 2.05) is 19.1 Å². The quantitative estimate of drug-likeness (QED) is 0.824. The highest BCUT2D eigenvalue weighted by Crippen LogP contribution is 2.32. The molecule has 0 spiro atoms. The number of likely N-dealkylation sites (tertiary alicyclic amines) is 1. The lowest BCUT2D eigenvalue weighted by Gasteiger charge is -2.25. The Kier molecular flexibility index (Phi) is 5.40. The third kappa shape index (κ3) is 4.20. The highest BCUT2D eigenvalue weighted by Gasteiger charge is 2.35. The molecule has 2 atom stereocenters. The number of ether oxygens (including phenoxy) is 1. The monoisotopic (exact) mass is 342 g/mol. The van der Waals surface area contributed by atoms with Crippen LogP contribution >= 0.6 is 0 Å². The first-order chi connectivity index (χ1) is 12.0. The molecule has 0 amide bonds. The molecule has 0 bridgehead atoms. The van der Waals surface area contributed by atoms with Gasteiger partial charge in [0.2, 0.25) is 0 Å². The summed E-state index contributed by atoms with van der Waals surface area (Å²) in [4.78, 5) is 4.72. The van der Waals surface area contributed by atoms with Gasteiger partial charge in [-0.1, -0.05) is 18.2 Å². The van der Waals surface area contributed by atoms with Crippen LogP contribution in [0.4, 0.5) is 4.39 Å². The highest BCUT2D eigenvalue weighted by atomic mass is 19.1. The minimum Gasteiger partial charge on any atom is -0.497 e. The van der Waals surface area contributed by atoms with E-state index in [2.05, 4.69) is 42.1 Å². The molecule has 4 heteroatoms. The molecule has 0 aromatic heterocycles. The van der Waals surface area contributed by atoms with Crippen LogP contribution in [-0.2, 0) is 6.54 Å². The van der Waals surface area contributed by atoms with Gasteiger partial charge >= 0.3 is 0 Å². The van der Waals surface area contributed by atoms with Crippen molar-refractivity contribution in [3.63, 3.8) is 0 Å². The normalized spacial score (nSPS) is 21.0. The van der Waals surface area contributed by atoms with Gasteiger partial charge in [0.1, 0.15) is 11.6 Å². The van der Waals surface area contributed by atoms with Crippen molar-refractivity contribution in [2.45, 2.75) is 25.4 Å². The topological polar surface area (TPSA) is 15.7 Å². The number of halogens is 1. The minimum atomic E-state index is -0.148. The molecule has 134 valence electrons. The van der Waals surface area contributed by atoms with Gasteiger partial charge in [-0.15, -0.1) is 0 Å². The number of aryl methyl sites for hydroxylation is 1. The van der Waals surface area contributed by atoms with E-state index in [1.165, 1.54) is 5.56 Å². The summed E-state index contributed by atoms with van der Waals surface area (Å²) in [5, 5.41) is 0. The highest BCUT2D eigenvalue weighted by molar-refractivity contribution is 5.32. The maximum Gasteiger partial charge on any atom is 0.123 e. The molecular formula is C21H27FN2O. The van der Waals surface area contributed by atoms with E-state index in [9.17, 15) is 4.39 Å². The van der Waals surface area contributed by atoms with Crippen molar-refractivity contribution < 1.29 is 9.13 Å². The summed E-state index contributed by atoms with van der Waals surface area (Å²) in [5.41, 5.74) is 3.35. The largest absolute Gasteiger partial charge is 0.497 e. The number of likely N-dealkylation sites (N-methyl/N-ethyl adjacent to an activating group) is 1. The van der Waals surface area contributed by atoms with Gasteiger partial charge < -0.3 is 9.64 Å². The minimum absolute atomic E-state index is 0.148. The molecule has 1 fully saturated rings. The number of hydrogen-bond donors (Lipinski definition) is 0. The molecule has 2 aromatic carbocycles. The first-order valence-corrected chi connectivity index (χ1v) is 8.75. The fourth-order valence-corrected chi connectivity index (χ4v) is 3.86. The van der Waals surface area contributed by atoms with Gasteiger partial charge in [0.25, 0.3) is 0 Å². The third-order valence-corrected chi connectivity index (χ3v) is 5.08. The maximum absolute atomic E-state index is 13.7. The summed E-state index contributed by atoms with van der Waals surface area (Å²) in [6.07, 6.45) is 0. The molecule has 0 saturated carbocycles. The number of benzene rings is 2. The van der Waals surface area contributed by atoms with E-state index in [0.29, 0.717) is 12.0 Å². The second kappa shape index (κ2) is 7.54. The fourth-order valence-electron chi connectivity index (χ4n) is 3.86. The van der Waals surface area contributed by atoms with Crippen LogP contribution in [0.3, 0.4) is 0 Å². The second-order valence-electron chi connectivity index (χ2n) is 7.24. The van der Waals surface area contributed by atoms with Crippen molar-refractivity contribution >= 4 is 0 Å². The van der Waals surface area contributed by atoms with Crippen LogP contribution < -0.4 is 4.74 Å². The zero-order valence-corrected chi connectivity index (χ0v) is 15.5. The van der Waals surface area contributed by atoms with Gasteiger partial charge in [-0.05, 0) is 62.0 Å². The van der Waals surface area contributed by atoms with Crippen LogP contribution in [0.5, 0.6) is 5.75 Å². The molecule has 0 unspecified atom stereocenters. The van der Waals surface area contributed by atoms with Gasteiger partial charge in [0.05, 0.1) is 7.11 Å². The van der Waals surface area contributed by atoms with E-state index < -0.39 is 0 Å². The Morgan fingerprint density at radius 1 is 1.12 bits per heavy atom. The standard InChI is InChI=1S/C21H27FN2O/c1-15-9-16(11-18(22)10-15)12-24-13-20(21(14-24)23(2)3)17-5-7-19(25-4)8-6-17/h5-11,20-21H,12-14H2,1-4H3/t20-,21+/m0/s1. The lowest BCUT2D eigenvalue weighted by atomic mass is 9.93. The molecule has 0 N–H and O–H groups in total. The predicted octanol–water partition coefficient (Wildman–Crippen LogP) is 3.67. The Bertz CT molecular complexity index is 694. The molecule has 1 aliphatic heterocycles. The number of hydrogen-bond acceptors (Lipinski definition) is 3. The molecule has 1 heterocycles. The third-order valence-electron chi connectivity index (χ3n) is 5.08. The summed E-state index contributed by atoms with van der Waals surface area (Å²) in [7, 11) is 5.96. The van der Waals surface area contributed by atoms with Gasteiger partial charge in [-0.3, -0.25) is 4.90 Å². The average molecular weight is 342 g/mol. The van der Waals surface area contributed by atoms with Crippen LogP contribution in [0.2, 0.25) is 0 Å². The van der Waals surface area contributed by atoms with Crippen LogP contribution in [-0.4, -0.2) is 50.1 Å². The van der Waals surface area contributed by atoms with Crippen molar-refractivity contribution in [2.75, 3.05) is 34.3 Å². The second-order valence-corrected chi connectivity index (χ2v) is 7.24. The summed E-state index contributed by atoms with van der Waals surface area (Å²) in [6, 6.07) is 14.1. The molecule has 3 nitrogen and oxygen atoms in total. The molecule has 25 heavy (non-hydrogen) atoms. The summed E-state index contributed by atoms with van der Waals surface area (Å²) in [6.45, 7) is 4.69. The molecular weight excluding hydrogens is 315 g/mol. The summed E-state index contributed by atoms with van der Waals surface area (Å²) in [5.74, 6) is 1.18. The fraction of sp³-hybridized carbons (Fsp3) is 0.429. The lowest BCUT2D eigenvalue weighted by molar-refractivity contribution is 0.259. The van der Waals surface area contributed by atoms with Gasteiger partial charge in [-0.25, -0.2) is 4.39 Å². The summed E-state index contributed by atoms with van der Waals surface area (Å²) < 4.78 is 19.0. The molecule has 1 aliphatic rings. The van der Waals surface area contributed by atoms with Crippen molar-refractivity contribution in [3.8, 4) is 5.75 Å². The SMILES string of the molecule is COc1ccc([C@@H]2CN(Cc3cc(C)cc(F)c3)C[C@H]2N(C)C)cc1. The van der Waals surface area contributed by atoms with Crippen molar-refractivity contribution in [3.05, 3.63) is 65.0 Å². The van der Waals surface area contributed by atoms with Crippen LogP contribution in [0.25, 0.3) is 0 Å². The van der Waals surface area contributed by atoms with Crippen LogP contribution in [0, 0.1) is 12.7 Å². The van der Waals surface area contributed by atoms with Crippen molar-refractivity contribution in [2.24, 2.45) is 0 Å². The van der Waals surface area contributed by atoms with Gasteiger partial charge in [-0.2, -0.15) is 0 Å². The van der Waals surface area contributed by atoms with Crippen LogP contribution in [0.15, 0.2) is 42.5 Å².